The van der Waals surface area contributed by atoms with E-state index in [9.17, 15) is 18.8 Å². The Labute approximate surface area is 252 Å². The first kappa shape index (κ1) is 30.3. The molecule has 6 rings (SSSR count). The molecule has 4 N–H and O–H groups in total. The molecule has 11 heteroatoms. The van der Waals surface area contributed by atoms with E-state index >= 15 is 0 Å². The second-order valence-corrected chi connectivity index (χ2v) is 10.8. The third-order valence-electron chi connectivity index (χ3n) is 7.83. The molecular formula is C32H33ClFN5O4. The fourth-order valence-corrected chi connectivity index (χ4v) is 5.44. The molecule has 0 amide bonds. The summed E-state index contributed by atoms with van der Waals surface area (Å²) >= 11 is 0. The Balaban J connectivity index is 0.00000368. The molecule has 43 heavy (non-hydrogen) atoms. The van der Waals surface area contributed by atoms with Gasteiger partial charge in [-0.25, -0.2) is 9.37 Å². The van der Waals surface area contributed by atoms with Crippen LogP contribution in [0.2, 0.25) is 0 Å². The number of hydrogen-bond donors (Lipinski definition) is 4. The van der Waals surface area contributed by atoms with Gasteiger partial charge in [0.05, 0.1) is 18.9 Å². The van der Waals surface area contributed by atoms with Gasteiger partial charge in [0.15, 0.2) is 5.78 Å². The number of carbonyl (C=O) groups is 1. The Bertz CT molecular complexity index is 1850. The van der Waals surface area contributed by atoms with Gasteiger partial charge in [0, 0.05) is 41.2 Å². The number of imidazole rings is 1. The maximum absolute atomic E-state index is 13.3. The zero-order valence-electron chi connectivity index (χ0n) is 23.6. The van der Waals surface area contributed by atoms with Crippen LogP contribution in [-0.4, -0.2) is 51.5 Å². The van der Waals surface area contributed by atoms with Crippen molar-refractivity contribution in [2.75, 3.05) is 19.8 Å². The molecule has 2 fully saturated rings. The van der Waals surface area contributed by atoms with Gasteiger partial charge in [-0.3, -0.25) is 14.4 Å². The van der Waals surface area contributed by atoms with Crippen molar-refractivity contribution >= 4 is 30.3 Å². The molecule has 1 saturated carbocycles. The first-order chi connectivity index (χ1) is 20.4. The summed E-state index contributed by atoms with van der Waals surface area (Å²) in [6, 6.07) is 12.1. The van der Waals surface area contributed by atoms with Crippen LogP contribution in [0.25, 0.3) is 12.2 Å². The summed E-state index contributed by atoms with van der Waals surface area (Å²) in [6.07, 6.45) is 6.12. The minimum atomic E-state index is -0.477. The van der Waals surface area contributed by atoms with E-state index in [1.54, 1.807) is 30.3 Å². The van der Waals surface area contributed by atoms with E-state index in [-0.39, 0.29) is 40.8 Å². The molecule has 1 aliphatic heterocycles. The van der Waals surface area contributed by atoms with Crippen LogP contribution in [0.1, 0.15) is 76.7 Å². The summed E-state index contributed by atoms with van der Waals surface area (Å²) in [5.41, 5.74) is 1.99. The SMILES string of the molecule is CCC(c1nc(/C=c2\[nH]c(=O)/c(=C/c3cccc(C(=O)c4ccc(F)cc4)c3)[nH]c2=O)c(C2CC2)[nH]1)C1COCCN1.Cl. The number of nitrogens with one attached hydrogen (secondary N) is 4. The summed E-state index contributed by atoms with van der Waals surface area (Å²) in [6.45, 7) is 4.23. The Morgan fingerprint density at radius 2 is 1.74 bits per heavy atom. The van der Waals surface area contributed by atoms with Gasteiger partial charge in [0.2, 0.25) is 0 Å². The van der Waals surface area contributed by atoms with Gasteiger partial charge in [-0.15, -0.1) is 12.4 Å². The maximum Gasteiger partial charge on any atom is 0.272 e. The molecule has 2 unspecified atom stereocenters. The second-order valence-electron chi connectivity index (χ2n) is 10.8. The van der Waals surface area contributed by atoms with E-state index < -0.39 is 16.9 Å². The van der Waals surface area contributed by atoms with Gasteiger partial charge in [-0.05, 0) is 67.3 Å². The Morgan fingerprint density at radius 3 is 2.40 bits per heavy atom. The Kier molecular flexibility index (Phi) is 9.19. The fraction of sp³-hybridized carbons (Fsp3) is 0.312. The lowest BCUT2D eigenvalue weighted by Gasteiger charge is -2.29. The summed E-state index contributed by atoms with van der Waals surface area (Å²) in [5.74, 6) is 0.636. The quantitative estimate of drug-likeness (QED) is 0.228. The number of H-pyrrole nitrogens is 3. The van der Waals surface area contributed by atoms with Gasteiger partial charge in [-0.2, -0.15) is 0 Å². The molecule has 2 aromatic carbocycles. The lowest BCUT2D eigenvalue weighted by Crippen LogP contribution is -2.46. The minimum absolute atomic E-state index is 0. The molecule has 9 nitrogen and oxygen atoms in total. The third-order valence-corrected chi connectivity index (χ3v) is 7.83. The van der Waals surface area contributed by atoms with Gasteiger partial charge in [0.25, 0.3) is 11.1 Å². The summed E-state index contributed by atoms with van der Waals surface area (Å²) in [5, 5.41) is 3.69. The number of ether oxygens (including phenoxy) is 1. The van der Waals surface area contributed by atoms with Crippen molar-refractivity contribution in [3.05, 3.63) is 120 Å². The van der Waals surface area contributed by atoms with E-state index in [2.05, 4.69) is 27.2 Å². The first-order valence-electron chi connectivity index (χ1n) is 14.3. The smallest absolute Gasteiger partial charge is 0.272 e. The number of ketones is 1. The molecule has 4 aromatic rings. The van der Waals surface area contributed by atoms with E-state index in [4.69, 9.17) is 9.72 Å². The van der Waals surface area contributed by atoms with Crippen molar-refractivity contribution < 1.29 is 13.9 Å². The van der Waals surface area contributed by atoms with Gasteiger partial charge in [0.1, 0.15) is 22.3 Å². The standard InChI is InChI=1S/C32H32FN5O4.ClH/c1-2-23(27-17-42-13-12-34-27)30-35-24(28(38-30)19-6-7-19)16-26-32(41)36-25(31(40)37-26)15-18-4-3-5-21(14-18)29(39)20-8-10-22(33)11-9-20;/h3-5,8-11,14-16,19,23,27,34H,2,6-7,12-13,17H2,1H3,(H,35,38)(H,36,41)(H,37,40);1H/b25-15-,26-16-;. The molecule has 0 radical (unpaired) electrons. The molecule has 0 bridgehead atoms. The van der Waals surface area contributed by atoms with Crippen LogP contribution in [0, 0.1) is 5.82 Å². The predicted molar refractivity (Wildman–Crippen MR) is 164 cm³/mol. The fourth-order valence-electron chi connectivity index (χ4n) is 5.44. The molecule has 2 aliphatic rings. The summed E-state index contributed by atoms with van der Waals surface area (Å²) in [7, 11) is 0. The highest BCUT2D eigenvalue weighted by molar-refractivity contribution is 6.09. The number of nitrogens with zero attached hydrogens (tertiary/aromatic N) is 1. The largest absolute Gasteiger partial charge is 0.378 e. The van der Waals surface area contributed by atoms with E-state index in [0.717, 1.165) is 37.3 Å². The molecule has 1 aliphatic carbocycles. The Morgan fingerprint density at radius 1 is 1.02 bits per heavy atom. The zero-order valence-corrected chi connectivity index (χ0v) is 24.4. The lowest BCUT2D eigenvalue weighted by molar-refractivity contribution is 0.0664. The number of morpholine rings is 1. The average molecular weight is 606 g/mol. The monoisotopic (exact) mass is 605 g/mol. The highest BCUT2D eigenvalue weighted by Gasteiger charge is 2.32. The summed E-state index contributed by atoms with van der Waals surface area (Å²) in [4.78, 5) is 52.8. The number of aromatic amines is 3. The van der Waals surface area contributed by atoms with Crippen LogP contribution in [0.15, 0.2) is 58.1 Å². The third kappa shape index (κ3) is 6.77. The average Bonchev–Trinajstić information content (AvgIpc) is 3.77. The number of halogens is 2. The van der Waals surface area contributed by atoms with Crippen LogP contribution < -0.4 is 27.1 Å². The minimum Gasteiger partial charge on any atom is -0.378 e. The van der Waals surface area contributed by atoms with Crippen LogP contribution in [-0.2, 0) is 4.74 Å². The second kappa shape index (κ2) is 13.0. The number of benzene rings is 2. The van der Waals surface area contributed by atoms with Crippen molar-refractivity contribution in [3.8, 4) is 0 Å². The number of carbonyl (C=O) groups excluding carboxylic acids is 1. The van der Waals surface area contributed by atoms with Crippen LogP contribution in [0.5, 0.6) is 0 Å². The van der Waals surface area contributed by atoms with Crippen molar-refractivity contribution in [3.63, 3.8) is 0 Å². The highest BCUT2D eigenvalue weighted by atomic mass is 35.5. The molecule has 3 heterocycles. The molecule has 0 spiro atoms. The van der Waals surface area contributed by atoms with Crippen molar-refractivity contribution in [1.82, 2.24) is 25.3 Å². The molecule has 1 saturated heterocycles. The van der Waals surface area contributed by atoms with E-state index in [1.807, 2.05) is 0 Å². The number of aromatic nitrogens is 4. The highest BCUT2D eigenvalue weighted by Crippen LogP contribution is 2.41. The van der Waals surface area contributed by atoms with Crippen molar-refractivity contribution in [1.29, 1.82) is 0 Å². The van der Waals surface area contributed by atoms with Gasteiger partial charge < -0.3 is 25.0 Å². The normalized spacial score (nSPS) is 18.3. The maximum atomic E-state index is 13.3. The predicted octanol–water partition coefficient (Wildman–Crippen LogP) is 2.60. The van der Waals surface area contributed by atoms with Crippen LogP contribution >= 0.6 is 12.4 Å². The van der Waals surface area contributed by atoms with E-state index in [0.29, 0.717) is 41.5 Å². The van der Waals surface area contributed by atoms with Crippen molar-refractivity contribution in [2.45, 2.75) is 44.1 Å². The summed E-state index contributed by atoms with van der Waals surface area (Å²) < 4.78 is 18.9. The van der Waals surface area contributed by atoms with Gasteiger partial charge >= 0.3 is 0 Å². The van der Waals surface area contributed by atoms with E-state index in [1.165, 1.54) is 30.3 Å². The molecular weight excluding hydrogens is 573 g/mol. The topological polar surface area (TPSA) is 133 Å². The van der Waals surface area contributed by atoms with Gasteiger partial charge in [-0.1, -0.05) is 25.1 Å². The number of rotatable bonds is 8. The Hall–Kier alpha value is -4.12. The van der Waals surface area contributed by atoms with Crippen molar-refractivity contribution in [2.24, 2.45) is 0 Å². The number of hydrogen-bond acceptors (Lipinski definition) is 6. The first-order valence-corrected chi connectivity index (χ1v) is 14.3. The molecule has 2 aromatic heterocycles. The van der Waals surface area contributed by atoms with Crippen LogP contribution in [0.4, 0.5) is 4.39 Å². The lowest BCUT2D eigenvalue weighted by atomic mass is 9.96. The van der Waals surface area contributed by atoms with Crippen LogP contribution in [0.3, 0.4) is 0 Å². The zero-order chi connectivity index (χ0) is 29.2. The molecule has 224 valence electrons. The molecule has 2 atom stereocenters.